The molecule has 2 heterocycles. The fraction of sp³-hybridized carbons (Fsp3) is 0.696. The third-order valence-corrected chi connectivity index (χ3v) is 6.43. The van der Waals surface area contributed by atoms with Crippen LogP contribution in [0.3, 0.4) is 0 Å². The normalized spacial score (nSPS) is 22.9. The number of pyridine rings is 1. The molecular weight excluding hydrogens is 366 g/mol. The summed E-state index contributed by atoms with van der Waals surface area (Å²) in [7, 11) is 0. The Morgan fingerprint density at radius 3 is 2.69 bits per heavy atom. The number of unbranched alkanes of at least 4 members (excludes halogenated alkanes) is 1. The smallest absolute Gasteiger partial charge is 0.304 e. The number of carbonyl (C=O) groups is 2. The number of hydrogen-bond donors (Lipinski definition) is 3. The van der Waals surface area contributed by atoms with E-state index < -0.39 is 11.4 Å². The number of nitrogens with one attached hydrogen (secondary N) is 2. The van der Waals surface area contributed by atoms with Crippen LogP contribution >= 0.6 is 0 Å². The third-order valence-electron chi connectivity index (χ3n) is 6.43. The first-order valence-electron chi connectivity index (χ1n) is 11.3. The molecule has 2 fully saturated rings. The molecule has 0 aromatic carbocycles. The number of piperidine rings is 1. The minimum Gasteiger partial charge on any atom is -0.481 e. The highest BCUT2D eigenvalue weighted by Crippen LogP contribution is 2.34. The molecule has 1 saturated carbocycles. The van der Waals surface area contributed by atoms with Crippen LogP contribution in [0.1, 0.15) is 92.9 Å². The number of carboxylic acids is 1. The van der Waals surface area contributed by atoms with Crippen molar-refractivity contribution in [3.63, 3.8) is 0 Å². The zero-order valence-electron chi connectivity index (χ0n) is 17.6. The lowest BCUT2D eigenvalue weighted by molar-refractivity contribution is -0.138. The molecule has 1 aromatic heterocycles. The highest BCUT2D eigenvalue weighted by atomic mass is 16.4. The van der Waals surface area contributed by atoms with Gasteiger partial charge in [-0.1, -0.05) is 32.6 Å². The van der Waals surface area contributed by atoms with E-state index in [0.717, 1.165) is 62.9 Å². The molecule has 1 aromatic rings. The van der Waals surface area contributed by atoms with Crippen molar-refractivity contribution in [2.45, 2.75) is 89.0 Å². The van der Waals surface area contributed by atoms with Crippen molar-refractivity contribution in [3.8, 4) is 0 Å². The average Bonchev–Trinajstić information content (AvgIpc) is 2.73. The van der Waals surface area contributed by atoms with Gasteiger partial charge in [0.2, 0.25) is 0 Å². The summed E-state index contributed by atoms with van der Waals surface area (Å²) in [4.78, 5) is 29.5. The van der Waals surface area contributed by atoms with Gasteiger partial charge in [-0.25, -0.2) is 0 Å². The molecule has 1 amide bonds. The molecule has 3 N–H and O–H groups in total. The van der Waals surface area contributed by atoms with E-state index in [9.17, 15) is 14.7 Å². The van der Waals surface area contributed by atoms with Gasteiger partial charge in [-0.05, 0) is 57.2 Å². The number of aromatic nitrogens is 1. The van der Waals surface area contributed by atoms with Crippen molar-refractivity contribution in [2.24, 2.45) is 0 Å². The van der Waals surface area contributed by atoms with Crippen LogP contribution in [0, 0.1) is 0 Å². The predicted molar refractivity (Wildman–Crippen MR) is 113 cm³/mol. The first kappa shape index (κ1) is 21.8. The van der Waals surface area contributed by atoms with Gasteiger partial charge in [0, 0.05) is 23.7 Å². The number of rotatable bonds is 8. The Balaban J connectivity index is 1.87. The van der Waals surface area contributed by atoms with Gasteiger partial charge in [0.25, 0.3) is 5.91 Å². The van der Waals surface area contributed by atoms with E-state index >= 15 is 0 Å². The quantitative estimate of drug-likeness (QED) is 0.619. The van der Waals surface area contributed by atoms with Crippen molar-refractivity contribution >= 4 is 11.9 Å². The van der Waals surface area contributed by atoms with Gasteiger partial charge in [-0.2, -0.15) is 0 Å². The summed E-state index contributed by atoms with van der Waals surface area (Å²) in [5, 5.41) is 16.1. The van der Waals surface area contributed by atoms with Crippen molar-refractivity contribution in [1.29, 1.82) is 0 Å². The van der Waals surface area contributed by atoms with Crippen molar-refractivity contribution < 1.29 is 14.7 Å². The van der Waals surface area contributed by atoms with Gasteiger partial charge in [0.05, 0.1) is 17.7 Å². The molecule has 29 heavy (non-hydrogen) atoms. The maximum atomic E-state index is 13.0. The van der Waals surface area contributed by atoms with Crippen LogP contribution in [0.25, 0.3) is 0 Å². The maximum absolute atomic E-state index is 13.0. The van der Waals surface area contributed by atoms with Gasteiger partial charge >= 0.3 is 5.97 Å². The summed E-state index contributed by atoms with van der Waals surface area (Å²) in [5.74, 6) is -0.833. The van der Waals surface area contributed by atoms with Crippen LogP contribution in [0.5, 0.6) is 0 Å². The van der Waals surface area contributed by atoms with Crippen LogP contribution in [-0.4, -0.2) is 41.1 Å². The van der Waals surface area contributed by atoms with Crippen molar-refractivity contribution in [3.05, 3.63) is 29.1 Å². The molecule has 160 valence electrons. The third kappa shape index (κ3) is 5.56. The molecule has 3 rings (SSSR count). The lowest BCUT2D eigenvalue weighted by Crippen LogP contribution is -2.45. The van der Waals surface area contributed by atoms with E-state index in [1.807, 2.05) is 12.1 Å². The highest BCUT2D eigenvalue weighted by Gasteiger charge is 2.38. The lowest BCUT2D eigenvalue weighted by atomic mass is 9.74. The van der Waals surface area contributed by atoms with Crippen LogP contribution in [-0.2, 0) is 16.6 Å². The number of carbonyl (C=O) groups excluding carboxylic acids is 1. The molecule has 6 nitrogen and oxygen atoms in total. The Kier molecular flexibility index (Phi) is 7.64. The van der Waals surface area contributed by atoms with Crippen LogP contribution < -0.4 is 10.6 Å². The first-order valence-corrected chi connectivity index (χ1v) is 11.3. The highest BCUT2D eigenvalue weighted by molar-refractivity contribution is 5.95. The minimum absolute atomic E-state index is 0.0314. The van der Waals surface area contributed by atoms with E-state index in [0.29, 0.717) is 12.1 Å². The Hall–Kier alpha value is -1.95. The van der Waals surface area contributed by atoms with Gasteiger partial charge in [0.15, 0.2) is 0 Å². The minimum atomic E-state index is -0.801. The molecule has 0 bridgehead atoms. The zero-order valence-corrected chi connectivity index (χ0v) is 17.6. The van der Waals surface area contributed by atoms with Crippen LogP contribution in [0.4, 0.5) is 0 Å². The largest absolute Gasteiger partial charge is 0.481 e. The Labute approximate surface area is 173 Å². The van der Waals surface area contributed by atoms with Crippen LogP contribution in [0.15, 0.2) is 12.1 Å². The van der Waals surface area contributed by atoms with Gasteiger partial charge in [0.1, 0.15) is 0 Å². The molecule has 0 unspecified atom stereocenters. The standard InChI is InChI=1S/C23H35N3O3/c1-2-3-10-19-18(22(29)25-17-8-5-4-6-9-17)11-12-20(26-19)23(15-21(27)28)13-7-14-24-16-23/h11-12,17,24H,2-10,13-16H2,1H3,(H,25,29)(H,27,28)/t23-/m0/s1. The van der Waals surface area contributed by atoms with E-state index in [-0.39, 0.29) is 18.4 Å². The van der Waals surface area contributed by atoms with Crippen molar-refractivity contribution in [1.82, 2.24) is 15.6 Å². The number of hydrogen-bond acceptors (Lipinski definition) is 4. The SMILES string of the molecule is CCCCc1nc([C@]2(CC(=O)O)CCCNC2)ccc1C(=O)NC1CCCCC1. The lowest BCUT2D eigenvalue weighted by Gasteiger charge is -2.36. The summed E-state index contributed by atoms with van der Waals surface area (Å²) in [5.41, 5.74) is 1.78. The van der Waals surface area contributed by atoms with Gasteiger partial charge in [-0.15, -0.1) is 0 Å². The van der Waals surface area contributed by atoms with Crippen molar-refractivity contribution in [2.75, 3.05) is 13.1 Å². The molecular formula is C23H35N3O3. The van der Waals surface area contributed by atoms with Gasteiger partial charge < -0.3 is 15.7 Å². The number of aliphatic carboxylic acids is 1. The molecule has 1 atom stereocenters. The number of aryl methyl sites for hydroxylation is 1. The molecule has 6 heteroatoms. The predicted octanol–water partition coefficient (Wildman–Crippen LogP) is 3.58. The Bertz CT molecular complexity index is 707. The van der Waals surface area contributed by atoms with E-state index in [4.69, 9.17) is 4.98 Å². The molecule has 0 radical (unpaired) electrons. The number of nitrogens with zero attached hydrogens (tertiary/aromatic N) is 1. The van der Waals surface area contributed by atoms with E-state index in [1.165, 1.54) is 19.3 Å². The molecule has 1 aliphatic heterocycles. The Morgan fingerprint density at radius 1 is 1.24 bits per heavy atom. The molecule has 2 aliphatic rings. The second kappa shape index (κ2) is 10.2. The topological polar surface area (TPSA) is 91.3 Å². The maximum Gasteiger partial charge on any atom is 0.304 e. The Morgan fingerprint density at radius 2 is 2.03 bits per heavy atom. The summed E-state index contributed by atoms with van der Waals surface area (Å²) in [6.07, 6.45) is 10.2. The van der Waals surface area contributed by atoms with E-state index in [1.54, 1.807) is 0 Å². The van der Waals surface area contributed by atoms with E-state index in [2.05, 4.69) is 17.6 Å². The monoisotopic (exact) mass is 401 g/mol. The molecule has 1 saturated heterocycles. The average molecular weight is 402 g/mol. The summed E-state index contributed by atoms with van der Waals surface area (Å²) < 4.78 is 0. The summed E-state index contributed by atoms with van der Waals surface area (Å²) >= 11 is 0. The number of carboxylic acid groups (broad SMARTS) is 1. The second-order valence-corrected chi connectivity index (χ2v) is 8.73. The first-order chi connectivity index (χ1) is 14.0. The number of amides is 1. The van der Waals surface area contributed by atoms with Gasteiger partial charge in [-0.3, -0.25) is 14.6 Å². The fourth-order valence-corrected chi connectivity index (χ4v) is 4.77. The van der Waals surface area contributed by atoms with Crippen LogP contribution in [0.2, 0.25) is 0 Å². The fourth-order valence-electron chi connectivity index (χ4n) is 4.77. The summed E-state index contributed by atoms with van der Waals surface area (Å²) in [6, 6.07) is 4.03. The zero-order chi connectivity index (χ0) is 20.7. The molecule has 0 spiro atoms. The molecule has 1 aliphatic carbocycles. The second-order valence-electron chi connectivity index (χ2n) is 8.73. The summed E-state index contributed by atoms with van der Waals surface area (Å²) in [6.45, 7) is 3.65.